The van der Waals surface area contributed by atoms with Crippen molar-refractivity contribution in [2.45, 2.75) is 20.0 Å². The molecule has 0 saturated heterocycles. The zero-order valence-corrected chi connectivity index (χ0v) is 16.6. The zero-order chi connectivity index (χ0) is 19.1. The van der Waals surface area contributed by atoms with E-state index in [1.54, 1.807) is 31.2 Å². The van der Waals surface area contributed by atoms with Crippen LogP contribution in [0, 0.1) is 6.92 Å². The average Bonchev–Trinajstić information content (AvgIpc) is 2.60. The van der Waals surface area contributed by atoms with Crippen LogP contribution in [0.2, 0.25) is 5.02 Å². The van der Waals surface area contributed by atoms with Crippen LogP contribution in [0.15, 0.2) is 46.9 Å². The highest BCUT2D eigenvalue weighted by Gasteiger charge is 2.16. The van der Waals surface area contributed by atoms with E-state index in [0.29, 0.717) is 21.0 Å². The monoisotopic (exact) mass is 440 g/mol. The zero-order valence-electron chi connectivity index (χ0n) is 14.2. The minimum atomic E-state index is -0.775. The normalized spacial score (nSPS) is 11.4. The molecule has 2 aromatic carbocycles. The van der Waals surface area contributed by atoms with Crippen LogP contribution in [-0.4, -0.2) is 24.5 Å². The molecule has 0 aliphatic carbocycles. The molecule has 0 bridgehead atoms. The van der Waals surface area contributed by atoms with Gasteiger partial charge in [-0.05, 0) is 59.6 Å². The Hall–Kier alpha value is -2.25. The van der Waals surface area contributed by atoms with Crippen molar-refractivity contribution in [3.05, 3.63) is 57.5 Å². The number of carbonyl (C=O) groups excluding carboxylic acids is 2. The Balaban J connectivity index is 1.77. The van der Waals surface area contributed by atoms with Gasteiger partial charge in [0.15, 0.2) is 12.7 Å². The largest absolute Gasteiger partial charge is 0.483 e. The number of amides is 2. The SMILES string of the molecule is Cc1ccccc1OC(C)C(=O)NNC(=O)COc1ccc(Cl)cc1Br. The average molecular weight is 442 g/mol. The Labute approximate surface area is 164 Å². The standard InChI is InChI=1S/C18H18BrClN2O4/c1-11-5-3-4-6-15(11)26-12(2)18(24)22-21-17(23)10-25-16-8-7-13(20)9-14(16)19/h3-9,12H,10H2,1-2H3,(H,21,23)(H,22,24). The fraction of sp³-hybridized carbons (Fsp3) is 0.222. The molecule has 1 atom stereocenters. The Morgan fingerprint density at radius 3 is 2.58 bits per heavy atom. The maximum Gasteiger partial charge on any atom is 0.279 e. The second kappa shape index (κ2) is 9.45. The minimum Gasteiger partial charge on any atom is -0.483 e. The second-order valence-electron chi connectivity index (χ2n) is 5.43. The third-order valence-corrected chi connectivity index (χ3v) is 4.20. The molecule has 1 unspecified atom stereocenters. The van der Waals surface area contributed by atoms with Crippen LogP contribution in [0.1, 0.15) is 12.5 Å². The molecule has 0 saturated carbocycles. The summed E-state index contributed by atoms with van der Waals surface area (Å²) in [4.78, 5) is 23.8. The number of aryl methyl sites for hydroxylation is 1. The van der Waals surface area contributed by atoms with Crippen molar-refractivity contribution in [2.75, 3.05) is 6.61 Å². The summed E-state index contributed by atoms with van der Waals surface area (Å²) in [6.45, 7) is 3.21. The predicted octanol–water partition coefficient (Wildman–Crippen LogP) is 3.40. The molecule has 26 heavy (non-hydrogen) atoms. The molecule has 6 nitrogen and oxygen atoms in total. The van der Waals surface area contributed by atoms with Crippen molar-refractivity contribution in [3.63, 3.8) is 0 Å². The first-order valence-corrected chi connectivity index (χ1v) is 8.92. The number of hydrogen-bond donors (Lipinski definition) is 2. The van der Waals surface area contributed by atoms with Gasteiger partial charge in [0.2, 0.25) is 0 Å². The highest BCUT2D eigenvalue weighted by molar-refractivity contribution is 9.10. The van der Waals surface area contributed by atoms with Gasteiger partial charge in [-0.3, -0.25) is 20.4 Å². The van der Waals surface area contributed by atoms with E-state index in [9.17, 15) is 9.59 Å². The first-order chi connectivity index (χ1) is 12.4. The third-order valence-electron chi connectivity index (χ3n) is 3.34. The van der Waals surface area contributed by atoms with E-state index >= 15 is 0 Å². The van der Waals surface area contributed by atoms with Crippen molar-refractivity contribution in [1.29, 1.82) is 0 Å². The van der Waals surface area contributed by atoms with Crippen LogP contribution in [0.25, 0.3) is 0 Å². The molecule has 0 radical (unpaired) electrons. The number of hydrazine groups is 1. The fourth-order valence-corrected chi connectivity index (χ4v) is 2.73. The van der Waals surface area contributed by atoms with Gasteiger partial charge in [0.25, 0.3) is 11.8 Å². The Morgan fingerprint density at radius 2 is 1.88 bits per heavy atom. The molecule has 0 spiro atoms. The number of ether oxygens (including phenoxy) is 2. The number of hydrogen-bond acceptors (Lipinski definition) is 4. The molecule has 0 aliphatic rings. The summed E-state index contributed by atoms with van der Waals surface area (Å²) >= 11 is 9.13. The van der Waals surface area contributed by atoms with E-state index in [-0.39, 0.29) is 6.61 Å². The van der Waals surface area contributed by atoms with E-state index in [0.717, 1.165) is 5.56 Å². The second-order valence-corrected chi connectivity index (χ2v) is 6.72. The van der Waals surface area contributed by atoms with E-state index in [2.05, 4.69) is 26.8 Å². The number of benzene rings is 2. The number of carbonyl (C=O) groups is 2. The summed E-state index contributed by atoms with van der Waals surface area (Å²) in [5, 5.41) is 0.545. The Morgan fingerprint density at radius 1 is 1.15 bits per heavy atom. The highest BCUT2D eigenvalue weighted by Crippen LogP contribution is 2.27. The fourth-order valence-electron chi connectivity index (χ4n) is 1.94. The van der Waals surface area contributed by atoms with Crippen molar-refractivity contribution < 1.29 is 19.1 Å². The molecule has 0 aromatic heterocycles. The summed E-state index contributed by atoms with van der Waals surface area (Å²) in [7, 11) is 0. The van der Waals surface area contributed by atoms with Gasteiger partial charge in [0.05, 0.1) is 4.47 Å². The van der Waals surface area contributed by atoms with Gasteiger partial charge >= 0.3 is 0 Å². The van der Waals surface area contributed by atoms with Gasteiger partial charge in [-0.25, -0.2) is 0 Å². The molecular formula is C18H18BrClN2O4. The van der Waals surface area contributed by atoms with Crippen molar-refractivity contribution in [3.8, 4) is 11.5 Å². The van der Waals surface area contributed by atoms with E-state index in [1.165, 1.54) is 0 Å². The highest BCUT2D eigenvalue weighted by atomic mass is 79.9. The Bertz CT molecular complexity index is 801. The quantitative estimate of drug-likeness (QED) is 0.674. The maximum atomic E-state index is 12.0. The van der Waals surface area contributed by atoms with Crippen molar-refractivity contribution in [1.82, 2.24) is 10.9 Å². The van der Waals surface area contributed by atoms with Gasteiger partial charge in [-0.2, -0.15) is 0 Å². The molecule has 2 aromatic rings. The topological polar surface area (TPSA) is 76.7 Å². The lowest BCUT2D eigenvalue weighted by Crippen LogP contribution is -2.48. The summed E-state index contributed by atoms with van der Waals surface area (Å²) in [5.74, 6) is 0.0853. The van der Waals surface area contributed by atoms with Crippen LogP contribution < -0.4 is 20.3 Å². The smallest absolute Gasteiger partial charge is 0.279 e. The van der Waals surface area contributed by atoms with Gasteiger partial charge in [0.1, 0.15) is 11.5 Å². The number of halogens is 2. The molecule has 8 heteroatoms. The van der Waals surface area contributed by atoms with Crippen LogP contribution in [0.3, 0.4) is 0 Å². The molecule has 138 valence electrons. The molecule has 0 fully saturated rings. The predicted molar refractivity (Wildman–Crippen MR) is 102 cm³/mol. The number of nitrogens with one attached hydrogen (secondary N) is 2. The van der Waals surface area contributed by atoms with Crippen molar-refractivity contribution in [2.24, 2.45) is 0 Å². The van der Waals surface area contributed by atoms with Gasteiger partial charge in [0, 0.05) is 5.02 Å². The lowest BCUT2D eigenvalue weighted by atomic mass is 10.2. The van der Waals surface area contributed by atoms with Crippen LogP contribution in [0.5, 0.6) is 11.5 Å². The summed E-state index contributed by atoms with van der Waals surface area (Å²) in [5.41, 5.74) is 5.50. The third kappa shape index (κ3) is 5.93. The Kier molecular flexibility index (Phi) is 7.29. The summed E-state index contributed by atoms with van der Waals surface area (Å²) in [6, 6.07) is 12.3. The first kappa shape index (κ1) is 20.1. The van der Waals surface area contributed by atoms with E-state index < -0.39 is 17.9 Å². The van der Waals surface area contributed by atoms with E-state index in [1.807, 2.05) is 25.1 Å². The first-order valence-electron chi connectivity index (χ1n) is 7.75. The molecule has 2 amide bonds. The molecular weight excluding hydrogens is 424 g/mol. The van der Waals surface area contributed by atoms with E-state index in [4.69, 9.17) is 21.1 Å². The lowest BCUT2D eigenvalue weighted by Gasteiger charge is -2.16. The van der Waals surface area contributed by atoms with Crippen LogP contribution in [-0.2, 0) is 9.59 Å². The molecule has 0 heterocycles. The molecule has 2 N–H and O–H groups in total. The maximum absolute atomic E-state index is 12.0. The van der Waals surface area contributed by atoms with Gasteiger partial charge < -0.3 is 9.47 Å². The van der Waals surface area contributed by atoms with Crippen LogP contribution >= 0.6 is 27.5 Å². The van der Waals surface area contributed by atoms with Gasteiger partial charge in [-0.15, -0.1) is 0 Å². The lowest BCUT2D eigenvalue weighted by molar-refractivity contribution is -0.133. The van der Waals surface area contributed by atoms with Crippen molar-refractivity contribution >= 4 is 39.3 Å². The molecule has 2 rings (SSSR count). The number of rotatable bonds is 6. The summed E-state index contributed by atoms with van der Waals surface area (Å²) in [6.07, 6.45) is -0.775. The summed E-state index contributed by atoms with van der Waals surface area (Å²) < 4.78 is 11.6. The number of para-hydroxylation sites is 1. The van der Waals surface area contributed by atoms with Crippen LogP contribution in [0.4, 0.5) is 0 Å². The van der Waals surface area contributed by atoms with Gasteiger partial charge in [-0.1, -0.05) is 29.8 Å². The minimum absolute atomic E-state index is 0.270. The molecule has 0 aliphatic heterocycles.